The van der Waals surface area contributed by atoms with Crippen LogP contribution >= 0.6 is 0 Å². The van der Waals surface area contributed by atoms with Gasteiger partial charge in [0, 0.05) is 0 Å². The van der Waals surface area contributed by atoms with E-state index in [1.54, 1.807) is 0 Å². The maximum absolute atomic E-state index is 0. The Balaban J connectivity index is 0. The molecule has 2 radical (unpaired) electrons. The van der Waals surface area contributed by atoms with Crippen molar-refractivity contribution >= 4 is 0 Å². The predicted molar refractivity (Wildman–Crippen MR) is 4.81 cm³/mol. The smallest absolute Gasteiger partial charge is 2.00 e. The molecule has 0 atom stereocenters. The van der Waals surface area contributed by atoms with E-state index in [4.69, 9.17) is 0 Å². The summed E-state index contributed by atoms with van der Waals surface area (Å²) in [6.07, 6.45) is 0. The van der Waals surface area contributed by atoms with E-state index in [-0.39, 0.29) is 156 Å². The Kier molecular flexibility index (Phi) is 3180. The predicted octanol–water partition coefficient (Wildman–Crippen LogP) is -0.837. The van der Waals surface area contributed by atoms with Crippen molar-refractivity contribution in [1.29, 1.82) is 0 Å². The van der Waals surface area contributed by atoms with Crippen LogP contribution < -0.4 is 0 Å². The Hall–Kier alpha value is 3.59. The van der Waals surface area contributed by atoms with Gasteiger partial charge in [0.2, 0.25) is 0 Å². The van der Waals surface area contributed by atoms with Gasteiger partial charge < -0.3 is 38.3 Å². The van der Waals surface area contributed by atoms with E-state index in [0.717, 1.165) is 0 Å². The molecule has 0 rings (SSSR count). The van der Waals surface area contributed by atoms with Crippen LogP contribution in [-0.2, 0) is 78.5 Å². The minimum atomic E-state index is 0. The molecule has 0 unspecified atom stereocenters. The zero-order valence-corrected chi connectivity index (χ0v) is 13.3. The van der Waals surface area contributed by atoms with Crippen molar-refractivity contribution in [2.45, 2.75) is 0 Å². The normalized spacial score (nSPS) is 0. The van der Waals surface area contributed by atoms with Crippen LogP contribution in [0.25, 0.3) is 0 Å². The van der Waals surface area contributed by atoms with Gasteiger partial charge in [-0.15, -0.1) is 0 Å². The molecule has 11 heteroatoms. The van der Waals surface area contributed by atoms with Crippen LogP contribution in [0.3, 0.4) is 0 Å². The van der Waals surface area contributed by atoms with E-state index in [0.29, 0.717) is 0 Å². The Labute approximate surface area is 153 Å². The van der Waals surface area contributed by atoms with E-state index >= 15 is 0 Å². The fraction of sp³-hybridized carbons (Fsp3) is 0. The van der Waals surface area contributed by atoms with Gasteiger partial charge in [-0.1, -0.05) is 0 Å². The van der Waals surface area contributed by atoms with Crippen molar-refractivity contribution in [2.24, 2.45) is 0 Å². The first-order valence-electron chi connectivity index (χ1n) is 0. The van der Waals surface area contributed by atoms with Crippen molar-refractivity contribution < 1.29 is 156 Å². The van der Waals surface area contributed by atoms with E-state index in [9.17, 15) is 0 Å². The van der Waals surface area contributed by atoms with Gasteiger partial charge in [0.25, 0.3) is 0 Å². The summed E-state index contributed by atoms with van der Waals surface area (Å²) in [7, 11) is 0. The molecule has 0 saturated carbocycles. The Morgan fingerprint density at radius 2 is 0.273 bits per heavy atom. The second kappa shape index (κ2) is 167. The topological polar surface area (TPSA) is 200 Å². The van der Waals surface area contributed by atoms with Gasteiger partial charge in [-0.05, 0) is 0 Å². The summed E-state index contributed by atoms with van der Waals surface area (Å²) in [5.41, 5.74) is 0. The summed E-state index contributed by atoms with van der Waals surface area (Å²) in [6, 6.07) is 0. The molecule has 78 valence electrons. The Morgan fingerprint density at radius 3 is 0.273 bits per heavy atom. The molecular formula is Ir2O7Tb2. The zero-order chi connectivity index (χ0) is 0. The third-order valence-electron chi connectivity index (χ3n) is 0. The Morgan fingerprint density at radius 1 is 0.273 bits per heavy atom. The average molecular weight is 814 g/mol. The fourth-order valence-electron chi connectivity index (χ4n) is 0. The van der Waals surface area contributed by atoms with Crippen LogP contribution in [0.4, 0.5) is 0 Å². The average Bonchev–Trinajstić information content (AvgIpc) is 0. The molecule has 11 heavy (non-hydrogen) atoms. The molecular weight excluding hydrogens is 814 g/mol. The largest absolute Gasteiger partial charge is 4.00 e. The van der Waals surface area contributed by atoms with Crippen LogP contribution in [0.2, 0.25) is 0 Å². The van der Waals surface area contributed by atoms with E-state index in [1.165, 1.54) is 0 Å². The molecule has 0 aromatic carbocycles. The maximum atomic E-state index is 0. The molecule has 0 fully saturated rings. The van der Waals surface area contributed by atoms with E-state index in [1.807, 2.05) is 0 Å². The van der Waals surface area contributed by atoms with Crippen molar-refractivity contribution in [3.05, 3.63) is 0 Å². The monoisotopic (exact) mass is 816 g/mol. The van der Waals surface area contributed by atoms with E-state index < -0.39 is 0 Å². The fourth-order valence-corrected chi connectivity index (χ4v) is 0. The summed E-state index contributed by atoms with van der Waals surface area (Å²) in [6.45, 7) is 0. The van der Waals surface area contributed by atoms with Gasteiger partial charge in [-0.2, -0.15) is 0 Å². The van der Waals surface area contributed by atoms with Gasteiger partial charge in [-0.25, -0.2) is 0 Å². The molecule has 0 aliphatic carbocycles. The molecule has 0 aliphatic heterocycles. The number of hydrogen-bond acceptors (Lipinski definition) is 0. The third-order valence-corrected chi connectivity index (χ3v) is 0. The molecule has 7 nitrogen and oxygen atoms in total. The molecule has 0 bridgehead atoms. The second-order valence-corrected chi connectivity index (χ2v) is 0. The minimum absolute atomic E-state index is 0. The third kappa shape index (κ3) is 142. The van der Waals surface area contributed by atoms with Gasteiger partial charge in [0.15, 0.2) is 0 Å². The van der Waals surface area contributed by atoms with Crippen LogP contribution in [0, 0.1) is 77.2 Å². The summed E-state index contributed by atoms with van der Waals surface area (Å²) < 4.78 is 0. The van der Waals surface area contributed by atoms with Crippen molar-refractivity contribution in [2.75, 3.05) is 0 Å². The first-order valence-corrected chi connectivity index (χ1v) is 0. The molecule has 0 saturated heterocycles. The van der Waals surface area contributed by atoms with Crippen LogP contribution in [0.5, 0.6) is 0 Å². The minimum Gasteiger partial charge on any atom is -2.00 e. The first-order chi connectivity index (χ1) is 0. The van der Waals surface area contributed by atoms with Crippen LogP contribution in [0.1, 0.15) is 0 Å². The quantitative estimate of drug-likeness (QED) is 0.294. The van der Waals surface area contributed by atoms with Crippen molar-refractivity contribution in [3.8, 4) is 0 Å². The molecule has 0 spiro atoms. The summed E-state index contributed by atoms with van der Waals surface area (Å²) in [4.78, 5) is 0. The number of hydrogen-bond donors (Lipinski definition) is 0. The van der Waals surface area contributed by atoms with Gasteiger partial charge in [-0.3, -0.25) is 0 Å². The SMILES string of the molecule is [Ir+4].[Ir+4].[O-2].[O-2].[O-2].[O-2].[O-2].[O-2].[O-2].[Tb+3].[Tb+3]. The maximum Gasteiger partial charge on any atom is 4.00 e. The standard InChI is InChI=1S/2Ir.7O.2Tb/q2*+4;7*-2;2*+3. The van der Waals surface area contributed by atoms with Crippen LogP contribution in [0.15, 0.2) is 0 Å². The first kappa shape index (κ1) is 209. The summed E-state index contributed by atoms with van der Waals surface area (Å²) >= 11 is 0. The molecule has 0 amide bonds. The summed E-state index contributed by atoms with van der Waals surface area (Å²) in [5.74, 6) is 0. The van der Waals surface area contributed by atoms with Crippen molar-refractivity contribution in [1.82, 2.24) is 0 Å². The molecule has 0 aromatic rings. The van der Waals surface area contributed by atoms with E-state index in [2.05, 4.69) is 0 Å². The molecule has 0 N–H and O–H groups in total. The zero-order valence-electron chi connectivity index (χ0n) is 4.19. The van der Waals surface area contributed by atoms with Gasteiger partial charge >= 0.3 is 117 Å². The van der Waals surface area contributed by atoms with Gasteiger partial charge in [0.05, 0.1) is 0 Å². The molecule has 0 aromatic heterocycles. The molecule has 0 heterocycles. The number of rotatable bonds is 0. The van der Waals surface area contributed by atoms with Gasteiger partial charge in [0.1, 0.15) is 0 Å². The summed E-state index contributed by atoms with van der Waals surface area (Å²) in [5, 5.41) is 0. The molecule has 0 aliphatic rings. The van der Waals surface area contributed by atoms with Crippen LogP contribution in [-0.4, -0.2) is 0 Å². The second-order valence-electron chi connectivity index (χ2n) is 0. The Bertz CT molecular complexity index is 14.4. The van der Waals surface area contributed by atoms with Crippen molar-refractivity contribution in [3.63, 3.8) is 0 Å².